The molecule has 2 atom stereocenters. The number of phenolic OH excluding ortho intramolecular Hbond substituents is 1. The van der Waals surface area contributed by atoms with Crippen LogP contribution in [0.25, 0.3) is 0 Å². The summed E-state index contributed by atoms with van der Waals surface area (Å²) >= 11 is 0. The molecule has 1 fully saturated rings. The predicted octanol–water partition coefficient (Wildman–Crippen LogP) is 3.91. The summed E-state index contributed by atoms with van der Waals surface area (Å²) in [5, 5.41) is 9.74. The van der Waals surface area contributed by atoms with Crippen molar-refractivity contribution in [2.45, 2.75) is 19.8 Å². The molecule has 1 aliphatic heterocycles. The van der Waals surface area contributed by atoms with Crippen molar-refractivity contribution in [3.05, 3.63) is 53.6 Å². The Morgan fingerprint density at radius 1 is 1.03 bits per heavy atom. The van der Waals surface area contributed by atoms with Gasteiger partial charge in [-0.25, -0.2) is 0 Å². The third-order valence-electron chi connectivity index (χ3n) is 5.12. The molecule has 1 aliphatic rings. The standard InChI is InChI=1S/C23H26O6/c1-3-4-11-29-17-8-5-15(6-9-17)22(25)18-13-28-14-19(18)23(26)16-7-10-20(24)21(12-16)27-2/h5-10,12,18-19,24H,3-4,11,13-14H2,1-2H3/t18-,19-/m0/s1. The van der Waals surface area contributed by atoms with E-state index in [4.69, 9.17) is 14.2 Å². The molecule has 29 heavy (non-hydrogen) atoms. The Bertz CT molecular complexity index is 858. The van der Waals surface area contributed by atoms with Gasteiger partial charge in [0.25, 0.3) is 0 Å². The van der Waals surface area contributed by atoms with Crippen molar-refractivity contribution in [1.29, 1.82) is 0 Å². The molecule has 2 aromatic carbocycles. The normalized spacial score (nSPS) is 18.4. The molecule has 0 aromatic heterocycles. The number of aromatic hydroxyl groups is 1. The summed E-state index contributed by atoms with van der Waals surface area (Å²) in [7, 11) is 1.42. The summed E-state index contributed by atoms with van der Waals surface area (Å²) in [6.45, 7) is 3.14. The molecular weight excluding hydrogens is 372 g/mol. The third-order valence-corrected chi connectivity index (χ3v) is 5.12. The fraction of sp³-hybridized carbons (Fsp3) is 0.391. The maximum atomic E-state index is 13.0. The number of carbonyl (C=O) groups is 2. The van der Waals surface area contributed by atoms with E-state index in [9.17, 15) is 14.7 Å². The Labute approximate surface area is 170 Å². The number of methoxy groups -OCH3 is 1. The van der Waals surface area contributed by atoms with Crippen LogP contribution in [0.4, 0.5) is 0 Å². The first-order chi connectivity index (χ1) is 14.0. The lowest BCUT2D eigenvalue weighted by molar-refractivity contribution is 0.0809. The van der Waals surface area contributed by atoms with Crippen LogP contribution in [0.2, 0.25) is 0 Å². The van der Waals surface area contributed by atoms with Crippen molar-refractivity contribution in [2.24, 2.45) is 11.8 Å². The van der Waals surface area contributed by atoms with Gasteiger partial charge < -0.3 is 19.3 Å². The lowest BCUT2D eigenvalue weighted by Gasteiger charge is -2.16. The zero-order valence-corrected chi connectivity index (χ0v) is 16.7. The molecule has 1 heterocycles. The molecule has 0 radical (unpaired) electrons. The quantitative estimate of drug-likeness (QED) is 0.509. The Balaban J connectivity index is 1.72. The van der Waals surface area contributed by atoms with Crippen LogP contribution >= 0.6 is 0 Å². The van der Waals surface area contributed by atoms with E-state index in [1.807, 2.05) is 0 Å². The Hall–Kier alpha value is -2.86. The van der Waals surface area contributed by atoms with Crippen molar-refractivity contribution in [2.75, 3.05) is 26.9 Å². The van der Waals surface area contributed by atoms with Crippen LogP contribution in [0.1, 0.15) is 40.5 Å². The van der Waals surface area contributed by atoms with Gasteiger partial charge in [0.15, 0.2) is 23.1 Å². The second-order valence-electron chi connectivity index (χ2n) is 7.09. The first-order valence-electron chi connectivity index (χ1n) is 9.81. The zero-order chi connectivity index (χ0) is 20.8. The van der Waals surface area contributed by atoms with Gasteiger partial charge >= 0.3 is 0 Å². The van der Waals surface area contributed by atoms with E-state index >= 15 is 0 Å². The van der Waals surface area contributed by atoms with Crippen LogP contribution in [0.15, 0.2) is 42.5 Å². The number of Topliss-reactive ketones (excluding diaryl/α,β-unsaturated/α-hetero) is 2. The summed E-state index contributed by atoms with van der Waals surface area (Å²) < 4.78 is 16.2. The number of hydrogen-bond donors (Lipinski definition) is 1. The van der Waals surface area contributed by atoms with Gasteiger partial charge in [-0.15, -0.1) is 0 Å². The molecule has 0 unspecified atom stereocenters. The van der Waals surface area contributed by atoms with Crippen molar-refractivity contribution in [3.63, 3.8) is 0 Å². The number of carbonyl (C=O) groups excluding carboxylic acids is 2. The molecule has 6 heteroatoms. The number of phenols is 1. The molecular formula is C23H26O6. The van der Waals surface area contributed by atoms with Crippen molar-refractivity contribution < 1.29 is 28.9 Å². The minimum absolute atomic E-state index is 0.0411. The van der Waals surface area contributed by atoms with E-state index in [1.54, 1.807) is 24.3 Å². The number of rotatable bonds is 9. The van der Waals surface area contributed by atoms with Crippen LogP contribution in [0.3, 0.4) is 0 Å². The highest BCUT2D eigenvalue weighted by Gasteiger charge is 2.39. The summed E-state index contributed by atoms with van der Waals surface area (Å²) in [6.07, 6.45) is 2.03. The molecule has 6 nitrogen and oxygen atoms in total. The van der Waals surface area contributed by atoms with Gasteiger partial charge in [0.2, 0.25) is 0 Å². The topological polar surface area (TPSA) is 82.1 Å². The van der Waals surface area contributed by atoms with Crippen LogP contribution in [0, 0.1) is 11.8 Å². The average molecular weight is 398 g/mol. The number of unbranched alkanes of at least 4 members (excludes halogenated alkanes) is 1. The van der Waals surface area contributed by atoms with E-state index in [-0.39, 0.29) is 36.3 Å². The van der Waals surface area contributed by atoms with Gasteiger partial charge in [0.1, 0.15) is 5.75 Å². The molecule has 0 saturated carbocycles. The smallest absolute Gasteiger partial charge is 0.169 e. The molecule has 0 aliphatic carbocycles. The van der Waals surface area contributed by atoms with E-state index < -0.39 is 11.8 Å². The summed E-state index contributed by atoms with van der Waals surface area (Å²) in [5.41, 5.74) is 0.914. The van der Waals surface area contributed by atoms with Gasteiger partial charge in [-0.05, 0) is 48.9 Å². The maximum Gasteiger partial charge on any atom is 0.169 e. The lowest BCUT2D eigenvalue weighted by Crippen LogP contribution is -2.29. The fourth-order valence-corrected chi connectivity index (χ4v) is 3.38. The summed E-state index contributed by atoms with van der Waals surface area (Å²) in [5.74, 6) is -0.532. The molecule has 0 bridgehead atoms. The van der Waals surface area contributed by atoms with Gasteiger partial charge in [-0.2, -0.15) is 0 Å². The number of ether oxygens (including phenoxy) is 3. The Kier molecular flexibility index (Phi) is 6.88. The Morgan fingerprint density at radius 2 is 1.66 bits per heavy atom. The monoisotopic (exact) mass is 398 g/mol. The largest absolute Gasteiger partial charge is 0.504 e. The Morgan fingerprint density at radius 3 is 2.28 bits per heavy atom. The van der Waals surface area contributed by atoms with Crippen LogP contribution in [0.5, 0.6) is 17.2 Å². The number of ketones is 2. The second kappa shape index (κ2) is 9.56. The number of benzene rings is 2. The third kappa shape index (κ3) is 4.77. The van der Waals surface area contributed by atoms with Crippen molar-refractivity contribution in [1.82, 2.24) is 0 Å². The first-order valence-corrected chi connectivity index (χ1v) is 9.81. The van der Waals surface area contributed by atoms with Gasteiger partial charge in [0, 0.05) is 11.1 Å². The minimum Gasteiger partial charge on any atom is -0.504 e. The predicted molar refractivity (Wildman–Crippen MR) is 108 cm³/mol. The highest BCUT2D eigenvalue weighted by Crippen LogP contribution is 2.32. The highest BCUT2D eigenvalue weighted by atomic mass is 16.5. The van der Waals surface area contributed by atoms with Crippen LogP contribution < -0.4 is 9.47 Å². The van der Waals surface area contributed by atoms with Gasteiger partial charge in [0.05, 0.1) is 38.8 Å². The van der Waals surface area contributed by atoms with Crippen LogP contribution in [-0.2, 0) is 4.74 Å². The molecule has 2 aromatic rings. The maximum absolute atomic E-state index is 13.0. The van der Waals surface area contributed by atoms with E-state index in [0.717, 1.165) is 18.6 Å². The van der Waals surface area contributed by atoms with E-state index in [1.165, 1.54) is 25.3 Å². The molecule has 3 rings (SSSR count). The SMILES string of the molecule is CCCCOc1ccc(C(=O)[C@H]2COC[C@@H]2C(=O)c2ccc(O)c(OC)c2)cc1. The first kappa shape index (κ1) is 20.9. The lowest BCUT2D eigenvalue weighted by atomic mass is 9.83. The number of hydrogen-bond acceptors (Lipinski definition) is 6. The minimum atomic E-state index is -0.572. The molecule has 1 N–H and O–H groups in total. The second-order valence-corrected chi connectivity index (χ2v) is 7.09. The van der Waals surface area contributed by atoms with E-state index in [0.29, 0.717) is 17.7 Å². The molecule has 0 spiro atoms. The molecule has 1 saturated heterocycles. The summed E-state index contributed by atoms with van der Waals surface area (Å²) in [6, 6.07) is 11.4. The van der Waals surface area contributed by atoms with E-state index in [2.05, 4.69) is 6.92 Å². The zero-order valence-electron chi connectivity index (χ0n) is 16.7. The average Bonchev–Trinajstić information content (AvgIpc) is 3.23. The summed E-state index contributed by atoms with van der Waals surface area (Å²) in [4.78, 5) is 26.0. The molecule has 0 amide bonds. The van der Waals surface area contributed by atoms with Gasteiger partial charge in [-0.3, -0.25) is 9.59 Å². The molecule has 154 valence electrons. The van der Waals surface area contributed by atoms with Gasteiger partial charge in [-0.1, -0.05) is 13.3 Å². The fourth-order valence-electron chi connectivity index (χ4n) is 3.38. The highest BCUT2D eigenvalue weighted by molar-refractivity contribution is 6.05. The van der Waals surface area contributed by atoms with Crippen molar-refractivity contribution >= 4 is 11.6 Å². The van der Waals surface area contributed by atoms with Crippen molar-refractivity contribution in [3.8, 4) is 17.2 Å². The van der Waals surface area contributed by atoms with Crippen LogP contribution in [-0.4, -0.2) is 43.6 Å².